The van der Waals surface area contributed by atoms with Gasteiger partial charge in [-0.15, -0.1) is 0 Å². The van der Waals surface area contributed by atoms with E-state index >= 15 is 0 Å². The molecule has 0 amide bonds. The molecule has 0 bridgehead atoms. The maximum atomic E-state index is 13.5. The van der Waals surface area contributed by atoms with Crippen LogP contribution in [-0.4, -0.2) is 4.98 Å². The molecule has 1 N–H and O–H groups in total. The number of fused-ring (bicyclic) bond motifs is 1. The number of nitrogens with one attached hydrogen (secondary N) is 1. The van der Waals surface area contributed by atoms with Gasteiger partial charge in [-0.25, -0.2) is 8.78 Å². The Morgan fingerprint density at radius 2 is 1.67 bits per heavy atom. The molecule has 0 saturated carbocycles. The molecule has 0 aliphatic carbocycles. The van der Waals surface area contributed by atoms with Gasteiger partial charge in [0.15, 0.2) is 17.5 Å². The Labute approximate surface area is 119 Å². The zero-order chi connectivity index (χ0) is 14.8. The lowest BCUT2D eigenvalue weighted by molar-refractivity contribution is 0.466. The molecule has 0 unspecified atom stereocenters. The van der Waals surface area contributed by atoms with Crippen LogP contribution in [0, 0.1) is 17.6 Å². The third-order valence-corrected chi connectivity index (χ3v) is 3.21. The van der Waals surface area contributed by atoms with E-state index < -0.39 is 17.6 Å². The van der Waals surface area contributed by atoms with Crippen LogP contribution in [0.2, 0.25) is 0 Å². The van der Waals surface area contributed by atoms with Crippen molar-refractivity contribution in [2.45, 2.75) is 6.54 Å². The Morgan fingerprint density at radius 1 is 0.905 bits per heavy atom. The van der Waals surface area contributed by atoms with Crippen LogP contribution < -0.4 is 5.32 Å². The van der Waals surface area contributed by atoms with Crippen molar-refractivity contribution in [3.63, 3.8) is 0 Å². The number of hydrogen-bond acceptors (Lipinski definition) is 2. The van der Waals surface area contributed by atoms with Crippen molar-refractivity contribution >= 4 is 16.6 Å². The predicted molar refractivity (Wildman–Crippen MR) is 75.4 cm³/mol. The van der Waals surface area contributed by atoms with Crippen molar-refractivity contribution in [1.82, 2.24) is 4.98 Å². The zero-order valence-electron chi connectivity index (χ0n) is 10.9. The van der Waals surface area contributed by atoms with Gasteiger partial charge in [0, 0.05) is 12.6 Å². The Balaban J connectivity index is 1.89. The van der Waals surface area contributed by atoms with Crippen molar-refractivity contribution in [3.05, 3.63) is 71.7 Å². The van der Waals surface area contributed by atoms with Gasteiger partial charge in [0.1, 0.15) is 0 Å². The molecule has 21 heavy (non-hydrogen) atoms. The van der Waals surface area contributed by atoms with Gasteiger partial charge in [-0.1, -0.05) is 42.5 Å². The van der Waals surface area contributed by atoms with Crippen molar-refractivity contribution < 1.29 is 13.2 Å². The summed E-state index contributed by atoms with van der Waals surface area (Å²) in [7, 11) is 0. The fourth-order valence-electron chi connectivity index (χ4n) is 2.19. The highest BCUT2D eigenvalue weighted by Crippen LogP contribution is 2.20. The lowest BCUT2D eigenvalue weighted by Crippen LogP contribution is -2.06. The van der Waals surface area contributed by atoms with E-state index in [0.29, 0.717) is 6.07 Å². The molecule has 2 aromatic carbocycles. The zero-order valence-corrected chi connectivity index (χ0v) is 10.9. The first kappa shape index (κ1) is 13.4. The summed E-state index contributed by atoms with van der Waals surface area (Å²) in [6.07, 6.45) is 0. The van der Waals surface area contributed by atoms with E-state index in [0.717, 1.165) is 16.3 Å². The van der Waals surface area contributed by atoms with Gasteiger partial charge in [0.05, 0.1) is 0 Å². The highest BCUT2D eigenvalue weighted by molar-refractivity contribution is 5.85. The van der Waals surface area contributed by atoms with Crippen molar-refractivity contribution in [2.75, 3.05) is 5.32 Å². The molecule has 0 aliphatic heterocycles. The van der Waals surface area contributed by atoms with Gasteiger partial charge in [-0.2, -0.15) is 9.37 Å². The summed E-state index contributed by atoms with van der Waals surface area (Å²) < 4.78 is 39.4. The van der Waals surface area contributed by atoms with Gasteiger partial charge in [-0.05, 0) is 16.3 Å². The Kier molecular flexibility index (Phi) is 3.48. The second-order valence-corrected chi connectivity index (χ2v) is 4.58. The minimum absolute atomic E-state index is 0.260. The minimum Gasteiger partial charge on any atom is -0.363 e. The molecule has 3 aromatic rings. The van der Waals surface area contributed by atoms with E-state index in [1.54, 1.807) is 0 Å². The molecule has 0 atom stereocenters. The number of rotatable bonds is 3. The van der Waals surface area contributed by atoms with Gasteiger partial charge >= 0.3 is 0 Å². The SMILES string of the molecule is Fc1cc(F)c(NCc2cccc3ccccc23)nc1F. The van der Waals surface area contributed by atoms with Crippen molar-refractivity contribution in [1.29, 1.82) is 0 Å². The summed E-state index contributed by atoms with van der Waals surface area (Å²) in [4.78, 5) is 3.24. The highest BCUT2D eigenvalue weighted by Gasteiger charge is 2.11. The van der Waals surface area contributed by atoms with Crippen LogP contribution in [0.5, 0.6) is 0 Å². The average molecular weight is 288 g/mol. The Hall–Kier alpha value is -2.56. The minimum atomic E-state index is -1.32. The quantitative estimate of drug-likeness (QED) is 0.728. The topological polar surface area (TPSA) is 24.9 Å². The predicted octanol–water partition coefficient (Wildman–Crippen LogP) is 4.26. The van der Waals surface area contributed by atoms with Gasteiger partial charge < -0.3 is 5.32 Å². The van der Waals surface area contributed by atoms with Crippen molar-refractivity contribution in [3.8, 4) is 0 Å². The summed E-state index contributed by atoms with van der Waals surface area (Å²) in [5.74, 6) is -3.85. The number of anilines is 1. The van der Waals surface area contributed by atoms with Crippen LogP contribution in [0.3, 0.4) is 0 Å². The van der Waals surface area contributed by atoms with E-state index in [9.17, 15) is 13.2 Å². The van der Waals surface area contributed by atoms with E-state index in [4.69, 9.17) is 0 Å². The molecule has 2 nitrogen and oxygen atoms in total. The number of halogens is 3. The molecule has 0 spiro atoms. The maximum absolute atomic E-state index is 13.5. The lowest BCUT2D eigenvalue weighted by Gasteiger charge is -2.09. The van der Waals surface area contributed by atoms with Crippen LogP contribution in [0.4, 0.5) is 19.0 Å². The van der Waals surface area contributed by atoms with Gasteiger partial charge in [0.25, 0.3) is 5.95 Å². The number of benzene rings is 2. The number of pyridine rings is 1. The molecule has 0 saturated heterocycles. The van der Waals surface area contributed by atoms with Crippen LogP contribution >= 0.6 is 0 Å². The Morgan fingerprint density at radius 3 is 2.52 bits per heavy atom. The fraction of sp³-hybridized carbons (Fsp3) is 0.0625. The first-order chi connectivity index (χ1) is 10.1. The summed E-state index contributed by atoms with van der Waals surface area (Å²) in [6, 6.07) is 14.0. The molecular formula is C16H11F3N2. The average Bonchev–Trinajstić information content (AvgIpc) is 2.49. The number of nitrogens with zero attached hydrogens (tertiary/aromatic N) is 1. The van der Waals surface area contributed by atoms with E-state index in [1.165, 1.54) is 0 Å². The molecule has 0 fully saturated rings. The standard InChI is InChI=1S/C16H11F3N2/c17-13-8-14(18)16(21-15(13)19)20-9-11-6-3-5-10-4-1-2-7-12(10)11/h1-8H,9H2,(H,20,21). The molecule has 1 aromatic heterocycles. The second kappa shape index (κ2) is 5.44. The van der Waals surface area contributed by atoms with E-state index in [2.05, 4.69) is 10.3 Å². The first-order valence-corrected chi connectivity index (χ1v) is 6.37. The van der Waals surface area contributed by atoms with E-state index in [1.807, 2.05) is 42.5 Å². The van der Waals surface area contributed by atoms with Crippen LogP contribution in [0.25, 0.3) is 10.8 Å². The van der Waals surface area contributed by atoms with Gasteiger partial charge in [-0.3, -0.25) is 0 Å². The molecule has 0 radical (unpaired) electrons. The molecule has 1 heterocycles. The molecule has 3 rings (SSSR count). The second-order valence-electron chi connectivity index (χ2n) is 4.58. The summed E-state index contributed by atoms with van der Waals surface area (Å²) in [5, 5.41) is 4.76. The largest absolute Gasteiger partial charge is 0.363 e. The highest BCUT2D eigenvalue weighted by atomic mass is 19.2. The smallest absolute Gasteiger partial charge is 0.251 e. The third-order valence-electron chi connectivity index (χ3n) is 3.21. The van der Waals surface area contributed by atoms with Crippen LogP contribution in [0.15, 0.2) is 48.5 Å². The summed E-state index contributed by atoms with van der Waals surface area (Å²) in [5.41, 5.74) is 0.916. The van der Waals surface area contributed by atoms with Crippen LogP contribution in [-0.2, 0) is 6.54 Å². The molecular weight excluding hydrogens is 277 g/mol. The number of aromatic nitrogens is 1. The van der Waals surface area contributed by atoms with Gasteiger partial charge in [0.2, 0.25) is 0 Å². The first-order valence-electron chi connectivity index (χ1n) is 6.37. The lowest BCUT2D eigenvalue weighted by atomic mass is 10.0. The van der Waals surface area contributed by atoms with E-state index in [-0.39, 0.29) is 12.4 Å². The number of hydrogen-bond donors (Lipinski definition) is 1. The third kappa shape index (κ3) is 2.67. The summed E-state index contributed by atoms with van der Waals surface area (Å²) >= 11 is 0. The monoisotopic (exact) mass is 288 g/mol. The normalized spacial score (nSPS) is 10.8. The molecule has 0 aliphatic rings. The molecule has 5 heteroatoms. The van der Waals surface area contributed by atoms with Crippen molar-refractivity contribution in [2.24, 2.45) is 0 Å². The fourth-order valence-corrected chi connectivity index (χ4v) is 2.19. The Bertz CT molecular complexity index is 797. The molecule has 106 valence electrons. The maximum Gasteiger partial charge on any atom is 0.251 e. The summed E-state index contributed by atoms with van der Waals surface area (Å²) in [6.45, 7) is 0.260. The van der Waals surface area contributed by atoms with Crippen LogP contribution in [0.1, 0.15) is 5.56 Å².